The summed E-state index contributed by atoms with van der Waals surface area (Å²) in [4.78, 5) is 49.1. The first kappa shape index (κ1) is 18.0. The molecule has 1 heterocycles. The van der Waals surface area contributed by atoms with Crippen LogP contribution < -0.4 is 5.56 Å². The highest BCUT2D eigenvalue weighted by atomic mass is 16.6. The number of rotatable bonds is 5. The second-order valence-corrected chi connectivity index (χ2v) is 5.90. The van der Waals surface area contributed by atoms with Crippen LogP contribution >= 0.6 is 0 Å². The van der Waals surface area contributed by atoms with E-state index in [2.05, 4.69) is 4.98 Å². The first-order valence-corrected chi connectivity index (χ1v) is 7.93. The van der Waals surface area contributed by atoms with Gasteiger partial charge in [-0.3, -0.25) is 19.7 Å². The van der Waals surface area contributed by atoms with Gasteiger partial charge < -0.3 is 9.72 Å². The van der Waals surface area contributed by atoms with Crippen molar-refractivity contribution in [3.8, 4) is 0 Å². The predicted molar refractivity (Wildman–Crippen MR) is 97.0 cm³/mol. The van der Waals surface area contributed by atoms with E-state index in [9.17, 15) is 24.5 Å². The Morgan fingerprint density at radius 1 is 1.15 bits per heavy atom. The fourth-order valence-electron chi connectivity index (χ4n) is 2.62. The third kappa shape index (κ3) is 3.90. The average Bonchev–Trinajstić information content (AvgIpc) is 2.65. The number of hydrogen-bond acceptors (Lipinski definition) is 6. The zero-order valence-corrected chi connectivity index (χ0v) is 14.2. The number of nitro benzene ring substituents is 1. The number of pyridine rings is 1. The number of esters is 1. The molecule has 0 aliphatic rings. The minimum atomic E-state index is -0.824. The second-order valence-electron chi connectivity index (χ2n) is 5.90. The zero-order chi connectivity index (χ0) is 19.6. The van der Waals surface area contributed by atoms with Gasteiger partial charge in [-0.2, -0.15) is 0 Å². The average molecular weight is 366 g/mol. The number of nitrogens with one attached hydrogen (secondary N) is 1. The second kappa shape index (κ2) is 7.20. The first-order chi connectivity index (χ1) is 12.8. The molecule has 1 aromatic heterocycles. The maximum atomic E-state index is 12.4. The molecule has 0 radical (unpaired) electrons. The molecule has 0 amide bonds. The van der Waals surface area contributed by atoms with Gasteiger partial charge in [0.25, 0.3) is 5.69 Å². The number of nitro groups is 1. The Balaban J connectivity index is 1.82. The number of fused-ring (bicyclic) bond motifs is 1. The van der Waals surface area contributed by atoms with E-state index in [1.807, 2.05) is 6.92 Å². The van der Waals surface area contributed by atoms with Crippen LogP contribution in [0.15, 0.2) is 53.3 Å². The van der Waals surface area contributed by atoms with Gasteiger partial charge in [0, 0.05) is 34.7 Å². The highest BCUT2D eigenvalue weighted by Gasteiger charge is 2.17. The lowest BCUT2D eigenvalue weighted by molar-refractivity contribution is -0.384. The molecule has 0 unspecified atom stereocenters. The van der Waals surface area contributed by atoms with Gasteiger partial charge in [-0.25, -0.2) is 4.79 Å². The molecule has 0 aliphatic carbocycles. The quantitative estimate of drug-likeness (QED) is 0.321. The van der Waals surface area contributed by atoms with Crippen LogP contribution in [0.1, 0.15) is 26.3 Å². The third-order valence-electron chi connectivity index (χ3n) is 3.93. The molecule has 0 aliphatic heterocycles. The number of ketones is 1. The maximum absolute atomic E-state index is 12.4. The van der Waals surface area contributed by atoms with Crippen LogP contribution in [0.2, 0.25) is 0 Å². The van der Waals surface area contributed by atoms with Crippen LogP contribution in [0.3, 0.4) is 0 Å². The molecule has 0 bridgehead atoms. The number of carbonyl (C=O) groups excluding carboxylic acids is 2. The fraction of sp³-hybridized carbons (Fsp3) is 0.105. The van der Waals surface area contributed by atoms with Crippen molar-refractivity contribution in [3.63, 3.8) is 0 Å². The monoisotopic (exact) mass is 366 g/mol. The van der Waals surface area contributed by atoms with E-state index in [-0.39, 0.29) is 16.8 Å². The van der Waals surface area contributed by atoms with E-state index < -0.39 is 28.8 Å². The number of aromatic nitrogens is 1. The number of carbonyl (C=O) groups is 2. The summed E-state index contributed by atoms with van der Waals surface area (Å²) in [6, 6.07) is 11.5. The molecule has 2 aromatic carbocycles. The number of aryl methyl sites for hydroxylation is 1. The van der Waals surface area contributed by atoms with Crippen molar-refractivity contribution in [2.24, 2.45) is 0 Å². The molecule has 27 heavy (non-hydrogen) atoms. The standard InChI is InChI=1S/C19H14N2O6/c1-11-5-6-16-14(7-11)15(9-18(23)20-16)19(24)27-10-17(22)12-3-2-4-13(8-12)21(25)26/h2-9H,10H2,1H3,(H,20,23). The lowest BCUT2D eigenvalue weighted by Crippen LogP contribution is -2.17. The highest BCUT2D eigenvalue weighted by molar-refractivity contribution is 6.05. The van der Waals surface area contributed by atoms with Gasteiger partial charge in [0.2, 0.25) is 11.3 Å². The first-order valence-electron chi connectivity index (χ1n) is 7.93. The summed E-state index contributed by atoms with van der Waals surface area (Å²) in [5.41, 5.74) is 0.765. The zero-order valence-electron chi connectivity index (χ0n) is 14.2. The molecular weight excluding hydrogens is 352 g/mol. The molecule has 8 heteroatoms. The van der Waals surface area contributed by atoms with Gasteiger partial charge in [0.15, 0.2) is 6.61 Å². The Hall–Kier alpha value is -3.81. The molecule has 136 valence electrons. The summed E-state index contributed by atoms with van der Waals surface area (Å²) in [6.45, 7) is 1.24. The van der Waals surface area contributed by atoms with E-state index in [1.54, 1.807) is 18.2 Å². The van der Waals surface area contributed by atoms with Crippen LogP contribution in [-0.4, -0.2) is 28.3 Å². The van der Waals surface area contributed by atoms with Crippen molar-refractivity contribution in [2.45, 2.75) is 6.92 Å². The van der Waals surface area contributed by atoms with E-state index in [0.29, 0.717) is 10.9 Å². The number of ether oxygens (including phenoxy) is 1. The fourth-order valence-corrected chi connectivity index (χ4v) is 2.62. The minimum Gasteiger partial charge on any atom is -0.454 e. The number of H-pyrrole nitrogens is 1. The summed E-state index contributed by atoms with van der Waals surface area (Å²) in [5.74, 6) is -1.41. The third-order valence-corrected chi connectivity index (χ3v) is 3.93. The summed E-state index contributed by atoms with van der Waals surface area (Å²) in [6.07, 6.45) is 0. The van der Waals surface area contributed by atoms with Crippen LogP contribution in [0.5, 0.6) is 0 Å². The van der Waals surface area contributed by atoms with E-state index in [0.717, 1.165) is 17.7 Å². The molecule has 8 nitrogen and oxygen atoms in total. The Labute approximate surface area is 152 Å². The molecule has 3 rings (SSSR count). The van der Waals surface area contributed by atoms with Crippen molar-refractivity contribution in [1.29, 1.82) is 0 Å². The number of hydrogen-bond donors (Lipinski definition) is 1. The number of Topliss-reactive ketones (excluding diaryl/α,β-unsaturated/α-hetero) is 1. The maximum Gasteiger partial charge on any atom is 0.339 e. The van der Waals surface area contributed by atoms with E-state index >= 15 is 0 Å². The molecule has 0 spiro atoms. The molecule has 0 saturated heterocycles. The molecule has 1 N–H and O–H groups in total. The smallest absolute Gasteiger partial charge is 0.339 e. The van der Waals surface area contributed by atoms with Crippen LogP contribution in [0, 0.1) is 17.0 Å². The summed E-state index contributed by atoms with van der Waals surface area (Å²) in [7, 11) is 0. The largest absolute Gasteiger partial charge is 0.454 e. The number of non-ortho nitro benzene ring substituents is 1. The number of nitrogens with zero attached hydrogens (tertiary/aromatic N) is 1. The number of aromatic amines is 1. The van der Waals surface area contributed by atoms with Gasteiger partial charge in [0.1, 0.15) is 0 Å². The van der Waals surface area contributed by atoms with E-state index in [4.69, 9.17) is 4.74 Å². The Morgan fingerprint density at radius 3 is 2.67 bits per heavy atom. The minimum absolute atomic E-state index is 0.0456. The highest BCUT2D eigenvalue weighted by Crippen LogP contribution is 2.18. The Bertz CT molecular complexity index is 1130. The SMILES string of the molecule is Cc1ccc2[nH]c(=O)cc(C(=O)OCC(=O)c3cccc([N+](=O)[O-])c3)c2c1. The molecule has 3 aromatic rings. The summed E-state index contributed by atoms with van der Waals surface area (Å²) >= 11 is 0. The Morgan fingerprint density at radius 2 is 1.93 bits per heavy atom. The van der Waals surface area contributed by atoms with Crippen LogP contribution in [0.25, 0.3) is 10.9 Å². The lowest BCUT2D eigenvalue weighted by Gasteiger charge is -2.08. The van der Waals surface area contributed by atoms with E-state index in [1.165, 1.54) is 18.2 Å². The van der Waals surface area contributed by atoms with Crippen molar-refractivity contribution < 1.29 is 19.2 Å². The van der Waals surface area contributed by atoms with Gasteiger partial charge in [-0.1, -0.05) is 23.8 Å². The van der Waals surface area contributed by atoms with Crippen molar-refractivity contribution in [3.05, 3.63) is 85.7 Å². The normalized spacial score (nSPS) is 10.6. The van der Waals surface area contributed by atoms with Gasteiger partial charge in [-0.05, 0) is 19.1 Å². The van der Waals surface area contributed by atoms with Crippen molar-refractivity contribution in [2.75, 3.05) is 6.61 Å². The van der Waals surface area contributed by atoms with Crippen molar-refractivity contribution >= 4 is 28.3 Å². The molecular formula is C19H14N2O6. The predicted octanol–water partition coefficient (Wildman–Crippen LogP) is 2.78. The lowest BCUT2D eigenvalue weighted by atomic mass is 10.1. The molecule has 0 fully saturated rings. The van der Waals surface area contributed by atoms with Gasteiger partial charge in [-0.15, -0.1) is 0 Å². The molecule has 0 saturated carbocycles. The molecule has 0 atom stereocenters. The Kier molecular flexibility index (Phi) is 4.80. The topological polar surface area (TPSA) is 119 Å². The summed E-state index contributed by atoms with van der Waals surface area (Å²) in [5, 5.41) is 11.3. The van der Waals surface area contributed by atoms with Gasteiger partial charge >= 0.3 is 5.97 Å². The number of benzene rings is 2. The van der Waals surface area contributed by atoms with Crippen molar-refractivity contribution in [1.82, 2.24) is 4.98 Å². The summed E-state index contributed by atoms with van der Waals surface area (Å²) < 4.78 is 5.04. The van der Waals surface area contributed by atoms with Gasteiger partial charge in [0.05, 0.1) is 10.5 Å². The van der Waals surface area contributed by atoms with Crippen LogP contribution in [-0.2, 0) is 4.74 Å². The van der Waals surface area contributed by atoms with Crippen LogP contribution in [0.4, 0.5) is 5.69 Å².